The number of likely N-dealkylation sites (tertiary alicyclic amines) is 1. The highest BCUT2D eigenvalue weighted by Crippen LogP contribution is 2.26. The lowest BCUT2D eigenvalue weighted by Crippen LogP contribution is -2.35. The third-order valence-electron chi connectivity index (χ3n) is 4.84. The number of nitrogens with one attached hydrogen (secondary N) is 1. The number of hydrogen-bond acceptors (Lipinski definition) is 5. The zero-order valence-corrected chi connectivity index (χ0v) is 16.4. The van der Waals surface area contributed by atoms with Crippen LogP contribution in [0.4, 0.5) is 5.82 Å². The number of anilines is 1. The fraction of sp³-hybridized carbons (Fsp3) is 0.550. The molecule has 2 aromatic heterocycles. The van der Waals surface area contributed by atoms with Crippen LogP contribution in [0.3, 0.4) is 0 Å². The van der Waals surface area contributed by atoms with E-state index in [4.69, 9.17) is 4.74 Å². The number of carbonyl (C=O) groups excluding carboxylic acids is 1. The Morgan fingerprint density at radius 2 is 2.07 bits per heavy atom. The number of ether oxygens (including phenoxy) is 1. The number of amides is 1. The van der Waals surface area contributed by atoms with Crippen molar-refractivity contribution in [2.45, 2.75) is 45.7 Å². The minimum atomic E-state index is 0.0493. The van der Waals surface area contributed by atoms with Gasteiger partial charge in [0.1, 0.15) is 11.6 Å². The van der Waals surface area contributed by atoms with Crippen LogP contribution in [-0.2, 0) is 11.3 Å². The molecule has 1 aliphatic heterocycles. The number of hydrogen-bond donors (Lipinski definition) is 1. The number of carbonyl (C=O) groups is 1. The summed E-state index contributed by atoms with van der Waals surface area (Å²) >= 11 is 0. The van der Waals surface area contributed by atoms with Crippen molar-refractivity contribution in [1.29, 1.82) is 0 Å². The van der Waals surface area contributed by atoms with Crippen molar-refractivity contribution in [3.8, 4) is 5.75 Å². The molecule has 27 heavy (non-hydrogen) atoms. The average Bonchev–Trinajstić information content (AvgIpc) is 3.10. The lowest BCUT2D eigenvalue weighted by Gasteiger charge is -2.32. The second-order valence-electron chi connectivity index (χ2n) is 7.50. The van der Waals surface area contributed by atoms with Gasteiger partial charge in [-0.05, 0) is 24.8 Å². The van der Waals surface area contributed by atoms with Gasteiger partial charge in [0, 0.05) is 44.4 Å². The molecule has 1 fully saturated rings. The molecule has 1 saturated heterocycles. The predicted molar refractivity (Wildman–Crippen MR) is 105 cm³/mol. The Kier molecular flexibility index (Phi) is 6.45. The van der Waals surface area contributed by atoms with E-state index in [1.54, 1.807) is 19.5 Å². The van der Waals surface area contributed by atoms with Crippen LogP contribution in [0, 0.1) is 5.92 Å². The van der Waals surface area contributed by atoms with Gasteiger partial charge in [-0.2, -0.15) is 5.10 Å². The van der Waals surface area contributed by atoms with E-state index in [0.29, 0.717) is 18.4 Å². The van der Waals surface area contributed by atoms with Crippen LogP contribution in [0.1, 0.15) is 44.8 Å². The molecule has 0 spiro atoms. The summed E-state index contributed by atoms with van der Waals surface area (Å²) in [6.07, 6.45) is 6.07. The van der Waals surface area contributed by atoms with Gasteiger partial charge in [0.15, 0.2) is 0 Å². The summed E-state index contributed by atoms with van der Waals surface area (Å²) in [5.41, 5.74) is 1.02. The third kappa shape index (κ3) is 5.29. The summed E-state index contributed by atoms with van der Waals surface area (Å²) in [7, 11) is 1.67. The smallest absolute Gasteiger partial charge is 0.225 e. The molecule has 0 aromatic carbocycles. The second-order valence-corrected chi connectivity index (χ2v) is 7.50. The summed E-state index contributed by atoms with van der Waals surface area (Å²) in [4.78, 5) is 18.9. The molecule has 2 aromatic rings. The summed E-state index contributed by atoms with van der Waals surface area (Å²) in [6, 6.07) is 6.04. The molecule has 7 nitrogen and oxygen atoms in total. The van der Waals surface area contributed by atoms with Crippen molar-refractivity contribution in [2.24, 2.45) is 5.92 Å². The SMILES string of the molecule is COc1ccnc(CN2CCC(n3nccc3NC(=O)CC(C)C)CC2)c1. The molecule has 1 amide bonds. The van der Waals surface area contributed by atoms with Crippen molar-refractivity contribution in [3.05, 3.63) is 36.3 Å². The summed E-state index contributed by atoms with van der Waals surface area (Å²) in [5.74, 6) is 2.03. The Bertz CT molecular complexity index is 750. The maximum absolute atomic E-state index is 12.1. The highest BCUT2D eigenvalue weighted by Gasteiger charge is 2.23. The van der Waals surface area contributed by atoms with E-state index in [2.05, 4.69) is 20.3 Å². The molecule has 0 unspecified atom stereocenters. The standard InChI is InChI=1S/C20H29N5O2/c1-15(2)12-20(26)23-19-5-9-22-25(19)17-6-10-24(11-7-17)14-16-13-18(27-3)4-8-21-16/h4-5,8-9,13,15,17H,6-7,10-12,14H2,1-3H3,(H,23,26). The van der Waals surface area contributed by atoms with Crippen LogP contribution in [0.25, 0.3) is 0 Å². The van der Waals surface area contributed by atoms with E-state index in [1.165, 1.54) is 0 Å². The predicted octanol–water partition coefficient (Wildman–Crippen LogP) is 3.11. The van der Waals surface area contributed by atoms with Crippen molar-refractivity contribution in [2.75, 3.05) is 25.5 Å². The van der Waals surface area contributed by atoms with Crippen LogP contribution < -0.4 is 10.1 Å². The minimum absolute atomic E-state index is 0.0493. The van der Waals surface area contributed by atoms with Crippen molar-refractivity contribution < 1.29 is 9.53 Å². The van der Waals surface area contributed by atoms with Crippen molar-refractivity contribution in [3.63, 3.8) is 0 Å². The van der Waals surface area contributed by atoms with Crippen LogP contribution in [0.15, 0.2) is 30.6 Å². The van der Waals surface area contributed by atoms with Crippen LogP contribution >= 0.6 is 0 Å². The summed E-state index contributed by atoms with van der Waals surface area (Å²) in [6.45, 7) is 6.86. The van der Waals surface area contributed by atoms with Crippen molar-refractivity contribution >= 4 is 11.7 Å². The second kappa shape index (κ2) is 8.99. The quantitative estimate of drug-likeness (QED) is 0.810. The Balaban J connectivity index is 1.55. The van der Waals surface area contributed by atoms with Crippen LogP contribution in [-0.4, -0.2) is 45.8 Å². The van der Waals surface area contributed by atoms with Gasteiger partial charge in [0.05, 0.1) is 25.0 Å². The van der Waals surface area contributed by atoms with Gasteiger partial charge in [-0.1, -0.05) is 13.8 Å². The van der Waals surface area contributed by atoms with Gasteiger partial charge in [0.2, 0.25) is 5.91 Å². The number of aromatic nitrogens is 3. The van der Waals surface area contributed by atoms with Gasteiger partial charge in [-0.25, -0.2) is 4.68 Å². The number of rotatable bonds is 7. The van der Waals surface area contributed by atoms with E-state index in [1.807, 2.05) is 36.7 Å². The molecular formula is C20H29N5O2. The molecule has 3 heterocycles. The average molecular weight is 371 g/mol. The maximum Gasteiger partial charge on any atom is 0.225 e. The molecule has 0 radical (unpaired) electrons. The van der Waals surface area contributed by atoms with E-state index in [9.17, 15) is 4.79 Å². The lowest BCUT2D eigenvalue weighted by molar-refractivity contribution is -0.116. The fourth-order valence-corrected chi connectivity index (χ4v) is 3.49. The third-order valence-corrected chi connectivity index (χ3v) is 4.84. The van der Waals surface area contributed by atoms with E-state index >= 15 is 0 Å². The first-order chi connectivity index (χ1) is 13.0. The van der Waals surface area contributed by atoms with Gasteiger partial charge in [-0.3, -0.25) is 14.7 Å². The molecular weight excluding hydrogens is 342 g/mol. The van der Waals surface area contributed by atoms with Gasteiger partial charge in [0.25, 0.3) is 0 Å². The maximum atomic E-state index is 12.1. The number of piperidine rings is 1. The molecule has 0 aliphatic carbocycles. The highest BCUT2D eigenvalue weighted by molar-refractivity contribution is 5.89. The molecule has 3 rings (SSSR count). The zero-order chi connectivity index (χ0) is 19.2. The molecule has 1 aliphatic rings. The van der Waals surface area contributed by atoms with Crippen molar-refractivity contribution in [1.82, 2.24) is 19.7 Å². The summed E-state index contributed by atoms with van der Waals surface area (Å²) < 4.78 is 7.25. The molecule has 1 N–H and O–H groups in total. The largest absolute Gasteiger partial charge is 0.497 e. The Hall–Kier alpha value is -2.41. The van der Waals surface area contributed by atoms with Gasteiger partial charge in [-0.15, -0.1) is 0 Å². The normalized spacial score (nSPS) is 15.9. The number of nitrogens with zero attached hydrogens (tertiary/aromatic N) is 4. The van der Waals surface area contributed by atoms with E-state index < -0.39 is 0 Å². The van der Waals surface area contributed by atoms with E-state index in [-0.39, 0.29) is 5.91 Å². The Morgan fingerprint density at radius 3 is 2.78 bits per heavy atom. The zero-order valence-electron chi connectivity index (χ0n) is 16.4. The topological polar surface area (TPSA) is 72.3 Å². The molecule has 0 saturated carbocycles. The molecule has 0 bridgehead atoms. The van der Waals surface area contributed by atoms with Gasteiger partial charge < -0.3 is 10.1 Å². The van der Waals surface area contributed by atoms with Crippen LogP contribution in [0.2, 0.25) is 0 Å². The first-order valence-corrected chi connectivity index (χ1v) is 9.59. The monoisotopic (exact) mass is 371 g/mol. The fourth-order valence-electron chi connectivity index (χ4n) is 3.49. The first kappa shape index (κ1) is 19.4. The first-order valence-electron chi connectivity index (χ1n) is 9.59. The molecule has 0 atom stereocenters. The minimum Gasteiger partial charge on any atom is -0.497 e. The molecule has 146 valence electrons. The van der Waals surface area contributed by atoms with Crippen LogP contribution in [0.5, 0.6) is 5.75 Å². The Labute approximate surface area is 160 Å². The highest BCUT2D eigenvalue weighted by atomic mass is 16.5. The summed E-state index contributed by atoms with van der Waals surface area (Å²) in [5, 5.41) is 7.47. The van der Waals surface area contributed by atoms with Gasteiger partial charge >= 0.3 is 0 Å². The Morgan fingerprint density at radius 1 is 1.30 bits per heavy atom. The number of pyridine rings is 1. The molecule has 7 heteroatoms. The number of methoxy groups -OCH3 is 1. The van der Waals surface area contributed by atoms with E-state index in [0.717, 1.165) is 49.7 Å². The lowest BCUT2D eigenvalue weighted by atomic mass is 10.0.